The molecule has 1 amide bonds. The van der Waals surface area contributed by atoms with Crippen molar-refractivity contribution in [1.82, 2.24) is 25.1 Å². The van der Waals surface area contributed by atoms with Gasteiger partial charge in [-0.25, -0.2) is 14.6 Å². The Morgan fingerprint density at radius 3 is 2.73 bits per heavy atom. The van der Waals surface area contributed by atoms with Gasteiger partial charge in [0.1, 0.15) is 17.8 Å². The first-order chi connectivity index (χ1) is 12.3. The van der Waals surface area contributed by atoms with E-state index in [9.17, 15) is 4.79 Å². The quantitative estimate of drug-likeness (QED) is 0.757. The van der Waals surface area contributed by atoms with Crippen LogP contribution in [-0.2, 0) is 5.54 Å². The molecule has 7 heteroatoms. The Bertz CT molecular complexity index is 997. The van der Waals surface area contributed by atoms with Crippen molar-refractivity contribution in [2.75, 3.05) is 5.73 Å². The van der Waals surface area contributed by atoms with Crippen LogP contribution >= 0.6 is 0 Å². The van der Waals surface area contributed by atoms with Crippen molar-refractivity contribution in [2.24, 2.45) is 0 Å². The fourth-order valence-corrected chi connectivity index (χ4v) is 2.95. The fraction of sp³-hybridized carbons (Fsp3) is 0.368. The normalized spacial score (nSPS) is 14.6. The minimum absolute atomic E-state index is 0.0573. The van der Waals surface area contributed by atoms with Gasteiger partial charge in [-0.1, -0.05) is 12.1 Å². The van der Waals surface area contributed by atoms with E-state index in [0.29, 0.717) is 34.2 Å². The number of anilines is 1. The highest BCUT2D eigenvalue weighted by Crippen LogP contribution is 2.33. The summed E-state index contributed by atoms with van der Waals surface area (Å²) in [7, 11) is 0. The van der Waals surface area contributed by atoms with Crippen LogP contribution in [0.2, 0.25) is 0 Å². The molecule has 26 heavy (non-hydrogen) atoms. The van der Waals surface area contributed by atoms with Gasteiger partial charge in [0.2, 0.25) is 0 Å². The number of amides is 1. The van der Waals surface area contributed by atoms with E-state index in [-0.39, 0.29) is 11.4 Å². The van der Waals surface area contributed by atoms with Crippen LogP contribution in [-0.4, -0.2) is 31.7 Å². The summed E-state index contributed by atoms with van der Waals surface area (Å²) in [5.41, 5.74) is 8.69. The van der Waals surface area contributed by atoms with Gasteiger partial charge in [-0.15, -0.1) is 0 Å². The molecule has 0 spiro atoms. The van der Waals surface area contributed by atoms with Crippen molar-refractivity contribution in [3.8, 4) is 11.3 Å². The fourth-order valence-electron chi connectivity index (χ4n) is 2.95. The van der Waals surface area contributed by atoms with Gasteiger partial charge in [0.25, 0.3) is 5.91 Å². The predicted octanol–water partition coefficient (Wildman–Crippen LogP) is 2.72. The number of aromatic nitrogens is 4. The zero-order valence-corrected chi connectivity index (χ0v) is 15.2. The van der Waals surface area contributed by atoms with Gasteiger partial charge in [0.05, 0.1) is 10.9 Å². The monoisotopic (exact) mass is 350 g/mol. The Balaban J connectivity index is 1.85. The van der Waals surface area contributed by atoms with Crippen molar-refractivity contribution in [3.05, 3.63) is 36.2 Å². The van der Waals surface area contributed by atoms with Gasteiger partial charge in [-0.3, -0.25) is 4.79 Å². The topological polar surface area (TPSA) is 98.7 Å². The summed E-state index contributed by atoms with van der Waals surface area (Å²) >= 11 is 0. The van der Waals surface area contributed by atoms with Gasteiger partial charge in [0.15, 0.2) is 5.65 Å². The standard InChI is InChI=1S/C19H22N6O/c1-19(2,3)25-17-14(16(20)21-10-22-17)15(24-25)11-5-4-6-12(9-11)18(26)23-13-7-8-13/h4-6,9-10,13H,7-8H2,1-3H3,(H,23,26)(H2,20,21,22). The third-order valence-corrected chi connectivity index (χ3v) is 4.44. The van der Waals surface area contributed by atoms with Crippen molar-refractivity contribution in [3.63, 3.8) is 0 Å². The largest absolute Gasteiger partial charge is 0.383 e. The lowest BCUT2D eigenvalue weighted by atomic mass is 10.1. The third kappa shape index (κ3) is 2.89. The zero-order valence-electron chi connectivity index (χ0n) is 15.2. The molecule has 2 aromatic heterocycles. The number of fused-ring (bicyclic) bond motifs is 1. The molecule has 1 fully saturated rings. The van der Waals surface area contributed by atoms with Crippen LogP contribution in [0.5, 0.6) is 0 Å². The smallest absolute Gasteiger partial charge is 0.251 e. The number of carbonyl (C=O) groups is 1. The highest BCUT2D eigenvalue weighted by atomic mass is 16.1. The molecule has 1 saturated carbocycles. The van der Waals surface area contributed by atoms with Gasteiger partial charge >= 0.3 is 0 Å². The van der Waals surface area contributed by atoms with E-state index in [1.54, 1.807) is 0 Å². The SMILES string of the molecule is CC(C)(C)n1nc(-c2cccc(C(=O)NC3CC3)c2)c2c(N)ncnc21. The Labute approximate surface area is 151 Å². The van der Waals surface area contributed by atoms with Crippen LogP contribution in [0.4, 0.5) is 5.82 Å². The number of benzene rings is 1. The van der Waals surface area contributed by atoms with Crippen LogP contribution < -0.4 is 11.1 Å². The zero-order chi connectivity index (χ0) is 18.5. The molecule has 1 aliphatic carbocycles. The van der Waals surface area contributed by atoms with E-state index in [0.717, 1.165) is 18.4 Å². The number of nitrogens with one attached hydrogen (secondary N) is 1. The Morgan fingerprint density at radius 1 is 1.27 bits per heavy atom. The molecule has 7 nitrogen and oxygen atoms in total. The third-order valence-electron chi connectivity index (χ3n) is 4.44. The van der Waals surface area contributed by atoms with Crippen LogP contribution in [0, 0.1) is 0 Å². The molecule has 1 aliphatic rings. The predicted molar refractivity (Wildman–Crippen MR) is 101 cm³/mol. The number of nitrogen functional groups attached to an aromatic ring is 1. The van der Waals surface area contributed by atoms with E-state index >= 15 is 0 Å². The van der Waals surface area contributed by atoms with Crippen LogP contribution in [0.25, 0.3) is 22.3 Å². The Kier molecular flexibility index (Phi) is 3.68. The average Bonchev–Trinajstić information content (AvgIpc) is 3.30. The number of hydrogen-bond donors (Lipinski definition) is 2. The molecule has 1 aromatic carbocycles. The number of rotatable bonds is 3. The first kappa shape index (κ1) is 16.5. The minimum Gasteiger partial charge on any atom is -0.383 e. The van der Waals surface area contributed by atoms with Gasteiger partial charge < -0.3 is 11.1 Å². The number of carbonyl (C=O) groups excluding carboxylic acids is 1. The maximum absolute atomic E-state index is 12.4. The molecule has 0 atom stereocenters. The lowest BCUT2D eigenvalue weighted by molar-refractivity contribution is 0.0951. The first-order valence-electron chi connectivity index (χ1n) is 8.75. The highest BCUT2D eigenvalue weighted by molar-refractivity contribution is 6.00. The van der Waals surface area contributed by atoms with Gasteiger partial charge in [-0.2, -0.15) is 5.10 Å². The van der Waals surface area contributed by atoms with Gasteiger partial charge in [-0.05, 0) is 45.7 Å². The maximum atomic E-state index is 12.4. The lowest BCUT2D eigenvalue weighted by Crippen LogP contribution is -2.25. The molecule has 3 aromatic rings. The first-order valence-corrected chi connectivity index (χ1v) is 8.75. The van der Waals surface area contributed by atoms with Crippen molar-refractivity contribution >= 4 is 22.8 Å². The lowest BCUT2D eigenvalue weighted by Gasteiger charge is -2.19. The van der Waals surface area contributed by atoms with E-state index in [4.69, 9.17) is 10.8 Å². The van der Waals surface area contributed by atoms with E-state index < -0.39 is 0 Å². The summed E-state index contributed by atoms with van der Waals surface area (Å²) in [6.45, 7) is 6.17. The Hall–Kier alpha value is -2.96. The molecule has 134 valence electrons. The van der Waals surface area contributed by atoms with Crippen molar-refractivity contribution in [1.29, 1.82) is 0 Å². The number of nitrogens with two attached hydrogens (primary N) is 1. The molecule has 0 saturated heterocycles. The minimum atomic E-state index is -0.266. The summed E-state index contributed by atoms with van der Waals surface area (Å²) in [5, 5.41) is 8.49. The van der Waals surface area contributed by atoms with Gasteiger partial charge in [0, 0.05) is 17.2 Å². The number of hydrogen-bond acceptors (Lipinski definition) is 5. The molecular formula is C19H22N6O. The highest BCUT2D eigenvalue weighted by Gasteiger charge is 2.26. The Morgan fingerprint density at radius 2 is 2.04 bits per heavy atom. The molecule has 2 heterocycles. The molecule has 0 aliphatic heterocycles. The molecule has 0 radical (unpaired) electrons. The molecule has 4 rings (SSSR count). The second-order valence-electron chi connectivity index (χ2n) is 7.72. The van der Waals surface area contributed by atoms with E-state index in [1.165, 1.54) is 6.33 Å². The van der Waals surface area contributed by atoms with Crippen LogP contribution in [0.15, 0.2) is 30.6 Å². The number of nitrogens with zero attached hydrogens (tertiary/aromatic N) is 4. The second-order valence-corrected chi connectivity index (χ2v) is 7.72. The molecular weight excluding hydrogens is 328 g/mol. The second kappa shape index (κ2) is 5.79. The summed E-state index contributed by atoms with van der Waals surface area (Å²) in [6.07, 6.45) is 3.56. The van der Waals surface area contributed by atoms with Crippen molar-refractivity contribution in [2.45, 2.75) is 45.2 Å². The van der Waals surface area contributed by atoms with Crippen molar-refractivity contribution < 1.29 is 4.79 Å². The van der Waals surface area contributed by atoms with E-state index in [2.05, 4.69) is 36.1 Å². The summed E-state index contributed by atoms with van der Waals surface area (Å²) in [4.78, 5) is 20.9. The maximum Gasteiger partial charge on any atom is 0.251 e. The molecule has 0 bridgehead atoms. The summed E-state index contributed by atoms with van der Waals surface area (Å²) in [6, 6.07) is 7.76. The molecule has 0 unspecified atom stereocenters. The summed E-state index contributed by atoms with van der Waals surface area (Å²) < 4.78 is 1.85. The average molecular weight is 350 g/mol. The molecule has 3 N–H and O–H groups in total. The summed E-state index contributed by atoms with van der Waals surface area (Å²) in [5.74, 6) is 0.325. The van der Waals surface area contributed by atoms with E-state index in [1.807, 2.05) is 28.9 Å². The van der Waals surface area contributed by atoms with Crippen LogP contribution in [0.3, 0.4) is 0 Å². The van der Waals surface area contributed by atoms with Crippen LogP contribution in [0.1, 0.15) is 44.0 Å².